The predicted molar refractivity (Wildman–Crippen MR) is 81.8 cm³/mol. The van der Waals surface area contributed by atoms with E-state index in [-0.39, 0.29) is 0 Å². The molecule has 21 heavy (non-hydrogen) atoms. The number of thioether (sulfide) groups is 1. The summed E-state index contributed by atoms with van der Waals surface area (Å²) in [7, 11) is 2.00. The quantitative estimate of drug-likeness (QED) is 0.575. The van der Waals surface area contributed by atoms with E-state index in [4.69, 9.17) is 4.42 Å². The van der Waals surface area contributed by atoms with E-state index in [9.17, 15) is 0 Å². The molecule has 0 unspecified atom stereocenters. The molecule has 2 aromatic heterocycles. The van der Waals surface area contributed by atoms with Crippen LogP contribution < -0.4 is 0 Å². The smallest absolute Gasteiger partial charge is 0.230 e. The number of hydrogen-bond acceptors (Lipinski definition) is 7. The second-order valence-electron chi connectivity index (χ2n) is 5.10. The molecule has 7 heteroatoms. The lowest BCUT2D eigenvalue weighted by Crippen LogP contribution is -2.17. The SMILES string of the molecule is CC[C@@H](C)Sc1ncc(CN(C)Cc2nnc(C)o2)cn1. The third kappa shape index (κ3) is 5.09. The molecule has 0 bridgehead atoms. The summed E-state index contributed by atoms with van der Waals surface area (Å²) in [5, 5.41) is 9.19. The van der Waals surface area contributed by atoms with Crippen molar-refractivity contribution in [2.75, 3.05) is 7.05 Å². The summed E-state index contributed by atoms with van der Waals surface area (Å²) in [5.41, 5.74) is 1.07. The molecule has 0 saturated carbocycles. The molecule has 0 aliphatic carbocycles. The number of hydrogen-bond donors (Lipinski definition) is 0. The summed E-state index contributed by atoms with van der Waals surface area (Å²) in [6.07, 6.45) is 4.88. The molecule has 0 saturated heterocycles. The van der Waals surface area contributed by atoms with Crippen molar-refractivity contribution in [3.05, 3.63) is 29.7 Å². The van der Waals surface area contributed by atoms with Crippen LogP contribution in [-0.2, 0) is 13.1 Å². The van der Waals surface area contributed by atoms with Gasteiger partial charge in [-0.25, -0.2) is 9.97 Å². The standard InChI is InChI=1S/C14H21N5OS/c1-5-10(2)21-14-15-6-12(7-16-14)8-19(4)9-13-18-17-11(3)20-13/h6-7,10H,5,8-9H2,1-4H3/t10-/m1/s1. The molecule has 1 atom stereocenters. The van der Waals surface area contributed by atoms with Gasteiger partial charge in [0, 0.05) is 36.7 Å². The lowest BCUT2D eigenvalue weighted by molar-refractivity contribution is 0.278. The van der Waals surface area contributed by atoms with E-state index in [2.05, 4.69) is 38.9 Å². The average molecular weight is 307 g/mol. The van der Waals surface area contributed by atoms with Crippen molar-refractivity contribution in [1.29, 1.82) is 0 Å². The van der Waals surface area contributed by atoms with Gasteiger partial charge in [-0.1, -0.05) is 25.6 Å². The van der Waals surface area contributed by atoms with Crippen LogP contribution in [-0.4, -0.2) is 37.4 Å². The van der Waals surface area contributed by atoms with E-state index in [1.807, 2.05) is 19.4 Å². The van der Waals surface area contributed by atoms with Gasteiger partial charge in [-0.05, 0) is 13.5 Å². The molecule has 0 spiro atoms. The van der Waals surface area contributed by atoms with Gasteiger partial charge < -0.3 is 4.42 Å². The molecule has 0 N–H and O–H groups in total. The maximum atomic E-state index is 5.37. The van der Waals surface area contributed by atoms with Gasteiger partial charge in [0.05, 0.1) is 6.54 Å². The van der Waals surface area contributed by atoms with Crippen LogP contribution in [0.4, 0.5) is 0 Å². The predicted octanol–water partition coefficient (Wildman–Crippen LogP) is 2.69. The van der Waals surface area contributed by atoms with Crippen LogP contribution in [0, 0.1) is 6.92 Å². The minimum atomic E-state index is 0.541. The zero-order valence-corrected chi connectivity index (χ0v) is 13.7. The monoisotopic (exact) mass is 307 g/mol. The molecule has 114 valence electrons. The Morgan fingerprint density at radius 3 is 2.52 bits per heavy atom. The van der Waals surface area contributed by atoms with Gasteiger partial charge in [-0.15, -0.1) is 10.2 Å². The lowest BCUT2D eigenvalue weighted by atomic mass is 10.3. The van der Waals surface area contributed by atoms with E-state index in [1.165, 1.54) is 0 Å². The van der Waals surface area contributed by atoms with Gasteiger partial charge in [0.2, 0.25) is 11.8 Å². The van der Waals surface area contributed by atoms with Gasteiger partial charge >= 0.3 is 0 Å². The second-order valence-corrected chi connectivity index (χ2v) is 6.50. The Labute approximate surface area is 129 Å². The first-order chi connectivity index (χ1) is 10.1. The van der Waals surface area contributed by atoms with Crippen molar-refractivity contribution in [3.8, 4) is 0 Å². The Balaban J connectivity index is 1.87. The first-order valence-electron chi connectivity index (χ1n) is 7.02. The third-order valence-electron chi connectivity index (χ3n) is 2.99. The van der Waals surface area contributed by atoms with Crippen LogP contribution in [0.3, 0.4) is 0 Å². The Morgan fingerprint density at radius 1 is 1.24 bits per heavy atom. The highest BCUT2D eigenvalue weighted by Gasteiger charge is 2.09. The summed E-state index contributed by atoms with van der Waals surface area (Å²) in [6, 6.07) is 0. The Hall–Kier alpha value is -1.47. The molecule has 2 rings (SSSR count). The number of nitrogens with zero attached hydrogens (tertiary/aromatic N) is 5. The largest absolute Gasteiger partial charge is 0.424 e. The van der Waals surface area contributed by atoms with Gasteiger partial charge in [0.15, 0.2) is 5.16 Å². The number of aryl methyl sites for hydroxylation is 1. The summed E-state index contributed by atoms with van der Waals surface area (Å²) in [4.78, 5) is 10.9. The van der Waals surface area contributed by atoms with E-state index < -0.39 is 0 Å². The van der Waals surface area contributed by atoms with E-state index >= 15 is 0 Å². The highest BCUT2D eigenvalue weighted by atomic mass is 32.2. The van der Waals surface area contributed by atoms with Crippen LogP contribution in [0.1, 0.15) is 37.6 Å². The average Bonchev–Trinajstić information content (AvgIpc) is 2.86. The first-order valence-corrected chi connectivity index (χ1v) is 7.90. The molecule has 0 fully saturated rings. The maximum Gasteiger partial charge on any atom is 0.230 e. The fourth-order valence-electron chi connectivity index (χ4n) is 1.75. The summed E-state index contributed by atoms with van der Waals surface area (Å²) >= 11 is 1.71. The van der Waals surface area contributed by atoms with Crippen LogP contribution in [0.15, 0.2) is 22.0 Å². The molecule has 2 aromatic rings. The molecule has 6 nitrogen and oxygen atoms in total. The Bertz CT molecular complexity index is 557. The molecular formula is C14H21N5OS. The fourth-order valence-corrected chi connectivity index (χ4v) is 2.50. The maximum absolute atomic E-state index is 5.37. The fraction of sp³-hybridized carbons (Fsp3) is 0.571. The van der Waals surface area contributed by atoms with Crippen molar-refractivity contribution >= 4 is 11.8 Å². The van der Waals surface area contributed by atoms with Crippen LogP contribution in [0.5, 0.6) is 0 Å². The minimum absolute atomic E-state index is 0.541. The van der Waals surface area contributed by atoms with Crippen LogP contribution in [0.25, 0.3) is 0 Å². The topological polar surface area (TPSA) is 67.9 Å². The van der Waals surface area contributed by atoms with E-state index in [1.54, 1.807) is 18.7 Å². The van der Waals surface area contributed by atoms with Crippen molar-refractivity contribution in [2.24, 2.45) is 0 Å². The summed E-state index contributed by atoms with van der Waals surface area (Å²) in [5.74, 6) is 1.22. The first kappa shape index (κ1) is 15.9. The molecule has 0 aliphatic rings. The molecule has 0 aliphatic heterocycles. The van der Waals surface area contributed by atoms with Crippen molar-refractivity contribution in [1.82, 2.24) is 25.1 Å². The molecular weight excluding hydrogens is 286 g/mol. The third-order valence-corrected chi connectivity index (χ3v) is 4.15. The van der Waals surface area contributed by atoms with Crippen LogP contribution >= 0.6 is 11.8 Å². The summed E-state index contributed by atoms with van der Waals surface area (Å²) in [6.45, 7) is 7.50. The summed E-state index contributed by atoms with van der Waals surface area (Å²) < 4.78 is 5.37. The van der Waals surface area contributed by atoms with E-state index in [0.717, 1.165) is 23.7 Å². The van der Waals surface area contributed by atoms with Gasteiger partial charge in [-0.2, -0.15) is 0 Å². The van der Waals surface area contributed by atoms with Crippen molar-refractivity contribution < 1.29 is 4.42 Å². The number of aromatic nitrogens is 4. The van der Waals surface area contributed by atoms with E-state index in [0.29, 0.717) is 23.6 Å². The molecule has 0 aromatic carbocycles. The van der Waals surface area contributed by atoms with Crippen molar-refractivity contribution in [2.45, 2.75) is 50.7 Å². The molecule has 2 heterocycles. The normalized spacial score (nSPS) is 12.8. The lowest BCUT2D eigenvalue weighted by Gasteiger charge is -2.14. The van der Waals surface area contributed by atoms with Crippen molar-refractivity contribution in [3.63, 3.8) is 0 Å². The Morgan fingerprint density at radius 2 is 1.95 bits per heavy atom. The zero-order valence-electron chi connectivity index (χ0n) is 12.9. The molecule has 0 amide bonds. The minimum Gasteiger partial charge on any atom is -0.424 e. The number of rotatable bonds is 7. The zero-order chi connectivity index (χ0) is 15.2. The highest BCUT2D eigenvalue weighted by molar-refractivity contribution is 7.99. The Kier molecular flexibility index (Phi) is 5.69. The van der Waals surface area contributed by atoms with Gasteiger partial charge in [-0.3, -0.25) is 4.90 Å². The highest BCUT2D eigenvalue weighted by Crippen LogP contribution is 2.20. The molecule has 0 radical (unpaired) electrons. The van der Waals surface area contributed by atoms with Gasteiger partial charge in [0.1, 0.15) is 0 Å². The second kappa shape index (κ2) is 7.51. The van der Waals surface area contributed by atoms with Crippen LogP contribution in [0.2, 0.25) is 0 Å². The van der Waals surface area contributed by atoms with Gasteiger partial charge in [0.25, 0.3) is 0 Å².